The van der Waals surface area contributed by atoms with Crippen LogP contribution in [0.25, 0.3) is 0 Å². The highest BCUT2D eigenvalue weighted by Gasteiger charge is 2.32. The molecule has 1 heterocycles. The van der Waals surface area contributed by atoms with Crippen LogP contribution in [-0.4, -0.2) is 31.3 Å². The maximum atomic E-state index is 12.5. The van der Waals surface area contributed by atoms with E-state index < -0.39 is 6.09 Å². The van der Waals surface area contributed by atoms with Gasteiger partial charge in [-0.05, 0) is 42.0 Å². The molecule has 1 atom stereocenters. The number of hydrogen-bond donors (Lipinski definition) is 2. The molecule has 1 fully saturated rings. The molecule has 3 aromatic carbocycles. The van der Waals surface area contributed by atoms with Gasteiger partial charge in [-0.15, -0.1) is 0 Å². The average Bonchev–Trinajstić information content (AvgIpc) is 3.16. The predicted molar refractivity (Wildman–Crippen MR) is 119 cm³/mol. The lowest BCUT2D eigenvalue weighted by atomic mass is 10.1. The zero-order chi connectivity index (χ0) is 21.6. The molecule has 158 valence electrons. The van der Waals surface area contributed by atoms with Crippen molar-refractivity contribution in [2.45, 2.75) is 12.7 Å². The van der Waals surface area contributed by atoms with E-state index in [4.69, 9.17) is 15.2 Å². The molecule has 0 aliphatic carbocycles. The summed E-state index contributed by atoms with van der Waals surface area (Å²) in [6.07, 6.45) is -0.775. The molecular formula is C24H23N3O4. The number of carbonyl (C=O) groups excluding carboxylic acids is 2. The number of para-hydroxylation sites is 2. The summed E-state index contributed by atoms with van der Waals surface area (Å²) >= 11 is 0. The van der Waals surface area contributed by atoms with E-state index in [2.05, 4.69) is 5.32 Å². The number of benzene rings is 3. The van der Waals surface area contributed by atoms with Gasteiger partial charge in [0, 0.05) is 11.3 Å². The van der Waals surface area contributed by atoms with Crippen LogP contribution in [0, 0.1) is 0 Å². The van der Waals surface area contributed by atoms with E-state index in [1.54, 1.807) is 48.5 Å². The van der Waals surface area contributed by atoms with Crippen LogP contribution in [0.4, 0.5) is 21.9 Å². The molecule has 7 nitrogen and oxygen atoms in total. The zero-order valence-corrected chi connectivity index (χ0v) is 16.9. The standard InChI is InChI=1S/C24H23N3O4/c25-21-8-4-5-9-22(21)26-23(28)18-10-12-19(13-11-18)27-14-20(31-24(27)29)16-30-15-17-6-2-1-3-7-17/h1-13,20H,14-16,25H2,(H,26,28). The number of nitrogen functional groups attached to an aromatic ring is 1. The minimum Gasteiger partial charge on any atom is -0.441 e. The van der Waals surface area contributed by atoms with Crippen LogP contribution in [0.3, 0.4) is 0 Å². The van der Waals surface area contributed by atoms with E-state index in [1.807, 2.05) is 30.3 Å². The van der Waals surface area contributed by atoms with Crippen molar-refractivity contribution >= 4 is 29.1 Å². The van der Waals surface area contributed by atoms with Gasteiger partial charge in [0.2, 0.25) is 0 Å². The third-order valence-electron chi connectivity index (χ3n) is 4.94. The maximum absolute atomic E-state index is 12.5. The van der Waals surface area contributed by atoms with Gasteiger partial charge >= 0.3 is 6.09 Å². The normalized spacial score (nSPS) is 15.5. The molecule has 0 aromatic heterocycles. The molecule has 1 aliphatic rings. The Kier molecular flexibility index (Phi) is 6.14. The first-order valence-corrected chi connectivity index (χ1v) is 9.96. The Morgan fingerprint density at radius 1 is 1.03 bits per heavy atom. The molecule has 4 rings (SSSR count). The van der Waals surface area contributed by atoms with Crippen LogP contribution in [0.5, 0.6) is 0 Å². The van der Waals surface area contributed by atoms with Gasteiger partial charge in [0.05, 0.1) is 31.1 Å². The van der Waals surface area contributed by atoms with Gasteiger partial charge in [0.25, 0.3) is 5.91 Å². The number of carbonyl (C=O) groups is 2. The minimum atomic E-state index is -0.428. The molecular weight excluding hydrogens is 394 g/mol. The lowest BCUT2D eigenvalue weighted by Gasteiger charge is -2.14. The number of amides is 2. The van der Waals surface area contributed by atoms with Crippen molar-refractivity contribution in [1.29, 1.82) is 0 Å². The molecule has 7 heteroatoms. The van der Waals surface area contributed by atoms with Gasteiger partial charge < -0.3 is 20.5 Å². The Labute approximate surface area is 180 Å². The van der Waals surface area contributed by atoms with Crippen LogP contribution in [0.15, 0.2) is 78.9 Å². The third-order valence-corrected chi connectivity index (χ3v) is 4.94. The Balaban J connectivity index is 1.32. The number of hydrogen-bond acceptors (Lipinski definition) is 5. The first-order chi connectivity index (χ1) is 15.1. The first-order valence-electron chi connectivity index (χ1n) is 9.96. The van der Waals surface area contributed by atoms with Crippen LogP contribution in [0.1, 0.15) is 15.9 Å². The van der Waals surface area contributed by atoms with Gasteiger partial charge in [0.15, 0.2) is 0 Å². The Morgan fingerprint density at radius 3 is 2.48 bits per heavy atom. The number of nitrogens with one attached hydrogen (secondary N) is 1. The van der Waals surface area contributed by atoms with Crippen LogP contribution >= 0.6 is 0 Å². The lowest BCUT2D eigenvalue weighted by molar-refractivity contribution is 0.0381. The predicted octanol–water partition coefficient (Wildman–Crippen LogP) is 4.06. The monoisotopic (exact) mass is 417 g/mol. The molecule has 0 radical (unpaired) electrons. The zero-order valence-electron chi connectivity index (χ0n) is 16.9. The maximum Gasteiger partial charge on any atom is 0.414 e. The van der Waals surface area contributed by atoms with Crippen molar-refractivity contribution in [2.75, 3.05) is 29.1 Å². The third kappa shape index (κ3) is 5.02. The van der Waals surface area contributed by atoms with E-state index in [0.29, 0.717) is 42.4 Å². The van der Waals surface area contributed by atoms with Crippen molar-refractivity contribution in [3.8, 4) is 0 Å². The Bertz CT molecular complexity index is 1050. The number of cyclic esters (lactones) is 1. The summed E-state index contributed by atoms with van der Waals surface area (Å²) in [5.74, 6) is -0.277. The van der Waals surface area contributed by atoms with E-state index in [-0.39, 0.29) is 12.0 Å². The average molecular weight is 417 g/mol. The fourth-order valence-corrected chi connectivity index (χ4v) is 3.30. The fourth-order valence-electron chi connectivity index (χ4n) is 3.30. The highest BCUT2D eigenvalue weighted by atomic mass is 16.6. The molecule has 0 saturated carbocycles. The Hall–Kier alpha value is -3.84. The van der Waals surface area contributed by atoms with Gasteiger partial charge in [-0.2, -0.15) is 0 Å². The number of anilines is 3. The second-order valence-electron chi connectivity index (χ2n) is 7.21. The molecule has 1 unspecified atom stereocenters. The van der Waals surface area contributed by atoms with Gasteiger partial charge in [0.1, 0.15) is 6.10 Å². The smallest absolute Gasteiger partial charge is 0.414 e. The van der Waals surface area contributed by atoms with E-state index in [1.165, 1.54) is 4.90 Å². The molecule has 3 aromatic rings. The number of rotatable bonds is 7. The molecule has 3 N–H and O–H groups in total. The van der Waals surface area contributed by atoms with Crippen molar-refractivity contribution in [3.63, 3.8) is 0 Å². The number of nitrogens with two attached hydrogens (primary N) is 1. The van der Waals surface area contributed by atoms with Crippen LogP contribution < -0.4 is 16.0 Å². The van der Waals surface area contributed by atoms with Gasteiger partial charge in [-0.1, -0.05) is 42.5 Å². The van der Waals surface area contributed by atoms with E-state index in [9.17, 15) is 9.59 Å². The molecule has 1 saturated heterocycles. The van der Waals surface area contributed by atoms with Crippen LogP contribution in [0.2, 0.25) is 0 Å². The largest absolute Gasteiger partial charge is 0.441 e. The number of ether oxygens (including phenoxy) is 2. The second-order valence-corrected chi connectivity index (χ2v) is 7.21. The Morgan fingerprint density at radius 2 is 1.74 bits per heavy atom. The second kappa shape index (κ2) is 9.32. The summed E-state index contributed by atoms with van der Waals surface area (Å²) in [5.41, 5.74) is 9.10. The summed E-state index contributed by atoms with van der Waals surface area (Å²) < 4.78 is 11.1. The van der Waals surface area contributed by atoms with E-state index in [0.717, 1.165) is 5.56 Å². The summed E-state index contributed by atoms with van der Waals surface area (Å²) in [6, 6.07) is 23.6. The molecule has 0 spiro atoms. The van der Waals surface area contributed by atoms with Gasteiger partial charge in [-0.25, -0.2) is 4.79 Å². The lowest BCUT2D eigenvalue weighted by Crippen LogP contribution is -2.26. The van der Waals surface area contributed by atoms with Crippen molar-refractivity contribution in [2.24, 2.45) is 0 Å². The van der Waals surface area contributed by atoms with Crippen molar-refractivity contribution in [1.82, 2.24) is 0 Å². The minimum absolute atomic E-state index is 0.277. The highest BCUT2D eigenvalue weighted by Crippen LogP contribution is 2.23. The topological polar surface area (TPSA) is 93.9 Å². The summed E-state index contributed by atoms with van der Waals surface area (Å²) in [6.45, 7) is 1.17. The number of nitrogens with zero attached hydrogens (tertiary/aromatic N) is 1. The first kappa shape index (κ1) is 20.4. The molecule has 31 heavy (non-hydrogen) atoms. The summed E-state index contributed by atoms with van der Waals surface area (Å²) in [7, 11) is 0. The molecule has 1 aliphatic heterocycles. The molecule has 2 amide bonds. The fraction of sp³-hybridized carbons (Fsp3) is 0.167. The SMILES string of the molecule is Nc1ccccc1NC(=O)c1ccc(N2CC(COCc3ccccc3)OC2=O)cc1. The summed E-state index contributed by atoms with van der Waals surface area (Å²) in [4.78, 5) is 26.3. The van der Waals surface area contributed by atoms with Gasteiger partial charge in [-0.3, -0.25) is 9.69 Å². The van der Waals surface area contributed by atoms with Crippen LogP contribution in [-0.2, 0) is 16.1 Å². The highest BCUT2D eigenvalue weighted by molar-refractivity contribution is 6.06. The summed E-state index contributed by atoms with van der Waals surface area (Å²) in [5, 5.41) is 2.78. The molecule has 0 bridgehead atoms. The quantitative estimate of drug-likeness (QED) is 0.566. The van der Waals surface area contributed by atoms with Crippen molar-refractivity contribution < 1.29 is 19.1 Å². The van der Waals surface area contributed by atoms with Crippen molar-refractivity contribution in [3.05, 3.63) is 90.0 Å². The van der Waals surface area contributed by atoms with E-state index >= 15 is 0 Å².